The van der Waals surface area contributed by atoms with E-state index in [0.29, 0.717) is 17.7 Å². The van der Waals surface area contributed by atoms with Crippen molar-refractivity contribution in [2.45, 2.75) is 97.9 Å². The molecule has 0 saturated heterocycles. The molecule has 4 nitrogen and oxygen atoms in total. The van der Waals surface area contributed by atoms with Crippen LogP contribution in [0.4, 0.5) is 0 Å². The van der Waals surface area contributed by atoms with E-state index >= 15 is 0 Å². The molecule has 3 fully saturated rings. The van der Waals surface area contributed by atoms with Crippen LogP contribution in [0.3, 0.4) is 0 Å². The van der Waals surface area contributed by atoms with E-state index in [2.05, 4.69) is 55.0 Å². The van der Waals surface area contributed by atoms with Gasteiger partial charge in [0.2, 0.25) is 0 Å². The Hall–Kier alpha value is -1.71. The van der Waals surface area contributed by atoms with E-state index in [1.165, 1.54) is 44.1 Å². The molecule has 3 saturated carbocycles. The minimum absolute atomic E-state index is 0.243. The number of allylic oxidation sites excluding steroid dienone is 3. The summed E-state index contributed by atoms with van der Waals surface area (Å²) in [5, 5.41) is 9.12. The summed E-state index contributed by atoms with van der Waals surface area (Å²) in [5.74, 6) is 2.55. The zero-order valence-corrected chi connectivity index (χ0v) is 19.9. The lowest BCUT2D eigenvalue weighted by Gasteiger charge is -2.57. The quantitative estimate of drug-likeness (QED) is 0.540. The molecule has 4 heteroatoms. The largest absolute Gasteiger partial charge is 0.295 e. The predicted octanol–water partition coefficient (Wildman–Crippen LogP) is 6.25. The van der Waals surface area contributed by atoms with Gasteiger partial charge in [0.25, 0.3) is 0 Å². The molecule has 168 valence electrons. The summed E-state index contributed by atoms with van der Waals surface area (Å²) in [4.78, 5) is 12.1. The molecule has 4 aliphatic rings. The highest BCUT2D eigenvalue weighted by molar-refractivity contribution is 5.91. The summed E-state index contributed by atoms with van der Waals surface area (Å²) < 4.78 is 2.19. The lowest BCUT2D eigenvalue weighted by Crippen LogP contribution is -2.49. The van der Waals surface area contributed by atoms with Crippen LogP contribution in [0.2, 0.25) is 0 Å². The Morgan fingerprint density at radius 3 is 2.77 bits per heavy atom. The van der Waals surface area contributed by atoms with Crippen molar-refractivity contribution in [3.05, 3.63) is 35.2 Å². The fourth-order valence-electron chi connectivity index (χ4n) is 8.13. The first-order chi connectivity index (χ1) is 14.9. The van der Waals surface area contributed by atoms with Crippen LogP contribution in [0.15, 0.2) is 29.5 Å². The highest BCUT2D eigenvalue weighted by atomic mass is 16.1. The maximum Gasteiger partial charge on any atom is 0.155 e. The Bertz CT molecular complexity index is 927. The zero-order chi connectivity index (χ0) is 21.8. The summed E-state index contributed by atoms with van der Waals surface area (Å²) in [6, 6.07) is 0.360. The lowest BCUT2D eigenvalue weighted by atomic mass is 9.47. The van der Waals surface area contributed by atoms with E-state index in [1.54, 1.807) is 5.57 Å². The number of aryl methyl sites for hydroxylation is 1. The van der Waals surface area contributed by atoms with Crippen molar-refractivity contribution in [3.8, 4) is 0 Å². The average molecular weight is 422 g/mol. The first kappa shape index (κ1) is 21.2. The second kappa shape index (κ2) is 7.71. The molecule has 0 bridgehead atoms. The van der Waals surface area contributed by atoms with Gasteiger partial charge in [-0.2, -0.15) is 0 Å². The molecule has 31 heavy (non-hydrogen) atoms. The molecule has 0 N–H and O–H groups in total. The van der Waals surface area contributed by atoms with Crippen molar-refractivity contribution in [2.24, 2.45) is 28.6 Å². The Balaban J connectivity index is 1.45. The zero-order valence-electron chi connectivity index (χ0n) is 19.9. The number of unbranched alkanes of at least 4 members (excludes halogenated alkanes) is 1. The van der Waals surface area contributed by atoms with Crippen molar-refractivity contribution < 1.29 is 4.79 Å². The Morgan fingerprint density at radius 1 is 1.16 bits per heavy atom. The summed E-state index contributed by atoms with van der Waals surface area (Å²) in [6.07, 6.45) is 18.0. The Morgan fingerprint density at radius 2 is 2.00 bits per heavy atom. The number of fused-ring (bicyclic) bond motifs is 5. The summed E-state index contributed by atoms with van der Waals surface area (Å²) in [7, 11) is 0. The molecule has 6 atom stereocenters. The van der Waals surface area contributed by atoms with E-state index in [0.717, 1.165) is 43.2 Å². The second-order valence-corrected chi connectivity index (χ2v) is 11.2. The lowest BCUT2D eigenvalue weighted by molar-refractivity contribution is -0.117. The van der Waals surface area contributed by atoms with Crippen LogP contribution < -0.4 is 0 Å². The van der Waals surface area contributed by atoms with Gasteiger partial charge in [-0.15, -0.1) is 5.10 Å². The fourth-order valence-corrected chi connectivity index (χ4v) is 8.13. The standard InChI is InChI=1S/C27H39N3O/c1-5-7-8-19-17-30(29-28-19)25-16-24-21-10-9-18-15-20(31)11-13-26(18,3)23(21)12-14-27(24,4)22(25)6-2/h6,15,17,21,23-25H,5,7-14,16H2,1-4H3/b22-6-/t21-,23+,24+,25+,26+,27-/m1/s1. The molecule has 0 radical (unpaired) electrons. The smallest absolute Gasteiger partial charge is 0.155 e. The van der Waals surface area contributed by atoms with Crippen molar-refractivity contribution in [1.29, 1.82) is 0 Å². The molecule has 1 aromatic heterocycles. The highest BCUT2D eigenvalue weighted by Gasteiger charge is 2.59. The van der Waals surface area contributed by atoms with Crippen LogP contribution in [-0.4, -0.2) is 20.8 Å². The third kappa shape index (κ3) is 3.19. The van der Waals surface area contributed by atoms with Crippen molar-refractivity contribution >= 4 is 5.78 Å². The molecule has 0 aromatic carbocycles. The minimum atomic E-state index is 0.243. The molecule has 4 aliphatic carbocycles. The van der Waals surface area contributed by atoms with E-state index < -0.39 is 0 Å². The van der Waals surface area contributed by atoms with E-state index in [4.69, 9.17) is 0 Å². The van der Waals surface area contributed by atoms with Gasteiger partial charge in [-0.3, -0.25) is 4.79 Å². The van der Waals surface area contributed by atoms with Gasteiger partial charge in [0.1, 0.15) is 0 Å². The monoisotopic (exact) mass is 421 g/mol. The molecule has 5 rings (SSSR count). The van der Waals surface area contributed by atoms with Crippen molar-refractivity contribution in [1.82, 2.24) is 15.0 Å². The van der Waals surface area contributed by atoms with E-state index in [-0.39, 0.29) is 10.8 Å². The second-order valence-electron chi connectivity index (χ2n) is 11.2. The van der Waals surface area contributed by atoms with Gasteiger partial charge < -0.3 is 0 Å². The number of carbonyl (C=O) groups excluding carboxylic acids is 1. The number of hydrogen-bond acceptors (Lipinski definition) is 3. The molecule has 0 spiro atoms. The maximum absolute atomic E-state index is 12.1. The molecular formula is C27H39N3O. The van der Waals surface area contributed by atoms with Gasteiger partial charge in [-0.05, 0) is 98.5 Å². The van der Waals surface area contributed by atoms with Crippen LogP contribution in [0.5, 0.6) is 0 Å². The van der Waals surface area contributed by atoms with Crippen LogP contribution in [0.1, 0.15) is 97.2 Å². The number of hydrogen-bond donors (Lipinski definition) is 0. The number of carbonyl (C=O) groups is 1. The van der Waals surface area contributed by atoms with Crippen LogP contribution in [0, 0.1) is 28.6 Å². The average Bonchev–Trinajstić information content (AvgIpc) is 3.34. The summed E-state index contributed by atoms with van der Waals surface area (Å²) in [5.41, 5.74) is 4.71. The number of aromatic nitrogens is 3. The Kier molecular flexibility index (Phi) is 5.26. The van der Waals surface area contributed by atoms with Crippen LogP contribution >= 0.6 is 0 Å². The van der Waals surface area contributed by atoms with Crippen LogP contribution in [-0.2, 0) is 11.2 Å². The van der Waals surface area contributed by atoms with Crippen molar-refractivity contribution in [2.75, 3.05) is 0 Å². The maximum atomic E-state index is 12.1. The number of rotatable bonds is 4. The first-order valence-corrected chi connectivity index (χ1v) is 12.7. The fraction of sp³-hybridized carbons (Fsp3) is 0.741. The third-order valence-corrected chi connectivity index (χ3v) is 9.82. The van der Waals surface area contributed by atoms with Gasteiger partial charge in [0, 0.05) is 12.6 Å². The van der Waals surface area contributed by atoms with E-state index in [9.17, 15) is 4.79 Å². The third-order valence-electron chi connectivity index (χ3n) is 9.82. The molecule has 1 aromatic rings. The molecule has 0 unspecified atom stereocenters. The summed E-state index contributed by atoms with van der Waals surface area (Å²) in [6.45, 7) is 9.48. The van der Waals surface area contributed by atoms with Gasteiger partial charge in [0.05, 0.1) is 11.7 Å². The SMILES string of the molecule is C/C=C1/[C@@H](n2cc(CCCC)nn2)C[C@H]2[C@@H]3CCC4=CC(=O)CC[C@]4(C)[C@H]3CC[C@]12C. The predicted molar refractivity (Wildman–Crippen MR) is 124 cm³/mol. The van der Waals surface area contributed by atoms with Gasteiger partial charge in [-0.1, -0.05) is 44.1 Å². The van der Waals surface area contributed by atoms with Gasteiger partial charge >= 0.3 is 0 Å². The van der Waals surface area contributed by atoms with Crippen LogP contribution in [0.25, 0.3) is 0 Å². The van der Waals surface area contributed by atoms with Crippen molar-refractivity contribution in [3.63, 3.8) is 0 Å². The van der Waals surface area contributed by atoms with E-state index in [1.807, 2.05) is 6.08 Å². The topological polar surface area (TPSA) is 47.8 Å². The van der Waals surface area contributed by atoms with Gasteiger partial charge in [-0.25, -0.2) is 4.68 Å². The van der Waals surface area contributed by atoms with Gasteiger partial charge in [0.15, 0.2) is 5.78 Å². The normalized spacial score (nSPS) is 41.0. The minimum Gasteiger partial charge on any atom is -0.295 e. The highest BCUT2D eigenvalue weighted by Crippen LogP contribution is 2.68. The molecule has 0 aliphatic heterocycles. The first-order valence-electron chi connectivity index (χ1n) is 12.7. The molecular weight excluding hydrogens is 382 g/mol. The molecule has 1 heterocycles. The molecule has 0 amide bonds. The summed E-state index contributed by atoms with van der Waals surface area (Å²) >= 11 is 0. The number of ketones is 1. The Labute approximate surface area is 187 Å². The number of nitrogens with zero attached hydrogens (tertiary/aromatic N) is 3.